The highest BCUT2D eigenvalue weighted by Gasteiger charge is 2.21. The second kappa shape index (κ2) is 13.5. The highest BCUT2D eigenvalue weighted by molar-refractivity contribution is 6.31. The fraction of sp³-hybridized carbons (Fsp3) is 0.0811. The van der Waals surface area contributed by atoms with E-state index in [1.54, 1.807) is 41.7 Å². The van der Waals surface area contributed by atoms with E-state index in [-0.39, 0.29) is 11.3 Å². The summed E-state index contributed by atoms with van der Waals surface area (Å²) in [5.41, 5.74) is 4.21. The van der Waals surface area contributed by atoms with Crippen LogP contribution in [0.5, 0.6) is 5.75 Å². The number of benzene rings is 4. The summed E-state index contributed by atoms with van der Waals surface area (Å²) >= 11 is 6.27. The normalized spacial score (nSPS) is 11.2. The average Bonchev–Trinajstić information content (AvgIpc) is 3.62. The first-order chi connectivity index (χ1) is 22.8. The molecule has 232 valence electrons. The van der Waals surface area contributed by atoms with Crippen molar-refractivity contribution in [3.05, 3.63) is 153 Å². The van der Waals surface area contributed by atoms with Gasteiger partial charge in [-0.15, -0.1) is 0 Å². The van der Waals surface area contributed by atoms with Crippen molar-refractivity contribution < 1.29 is 9.53 Å². The molecule has 0 bridgehead atoms. The van der Waals surface area contributed by atoms with Crippen molar-refractivity contribution in [3.8, 4) is 34.5 Å². The molecular weight excluding hydrogens is 612 g/mol. The number of ether oxygens (including phenoxy) is 1. The number of carbonyl (C=O) groups is 1. The van der Waals surface area contributed by atoms with Gasteiger partial charge in [-0.2, -0.15) is 10.4 Å². The SMILES string of the molecule is Cc1c(NC(=O)/C(C#N)=C\c2cn(-c3ccccc3)nc2-c2ccc(OCc3ccccc3Cl)cc2)c(=O)n(-c2ccccc2)n1C. The van der Waals surface area contributed by atoms with Crippen LogP contribution in [-0.2, 0) is 18.4 Å². The maximum atomic E-state index is 13.5. The first-order valence-corrected chi connectivity index (χ1v) is 15.1. The first-order valence-electron chi connectivity index (χ1n) is 14.7. The molecular formula is C37H29ClN6O3. The minimum absolute atomic E-state index is 0.0927. The Bertz CT molecular complexity index is 2190. The van der Waals surface area contributed by atoms with Gasteiger partial charge in [-0.05, 0) is 67.6 Å². The molecule has 6 aromatic rings. The molecule has 0 radical (unpaired) electrons. The number of hydrogen-bond acceptors (Lipinski definition) is 5. The number of nitrogens with one attached hydrogen (secondary N) is 1. The van der Waals surface area contributed by atoms with Crippen LogP contribution in [0, 0.1) is 18.3 Å². The molecule has 0 fully saturated rings. The number of amides is 1. The van der Waals surface area contributed by atoms with Gasteiger partial charge >= 0.3 is 0 Å². The molecule has 0 aliphatic rings. The van der Waals surface area contributed by atoms with Gasteiger partial charge in [0.05, 0.1) is 22.8 Å². The van der Waals surface area contributed by atoms with E-state index in [1.165, 1.54) is 10.8 Å². The molecule has 9 nitrogen and oxygen atoms in total. The number of hydrogen-bond donors (Lipinski definition) is 1. The van der Waals surface area contributed by atoms with Crippen LogP contribution in [-0.4, -0.2) is 25.1 Å². The Morgan fingerprint density at radius 1 is 0.936 bits per heavy atom. The number of rotatable bonds is 9. The standard InChI is InChI=1S/C37H29ClN6O3/c1-25-34(37(46)44(42(25)2)31-14-7-4-8-15-31)40-36(45)28(22-39)21-29-23-43(30-12-5-3-6-13-30)41-35(29)26-17-19-32(20-18-26)47-24-27-11-9-10-16-33(27)38/h3-21,23H,24H2,1-2H3,(H,40,45)/b28-21-. The van der Waals surface area contributed by atoms with E-state index in [0.717, 1.165) is 16.8 Å². The zero-order valence-electron chi connectivity index (χ0n) is 25.6. The van der Waals surface area contributed by atoms with Crippen LogP contribution in [0.4, 0.5) is 5.69 Å². The van der Waals surface area contributed by atoms with Crippen molar-refractivity contribution in [1.29, 1.82) is 5.26 Å². The largest absolute Gasteiger partial charge is 0.489 e. The molecule has 6 rings (SSSR count). The number of anilines is 1. The smallest absolute Gasteiger partial charge is 0.295 e. The fourth-order valence-corrected chi connectivity index (χ4v) is 5.30. The summed E-state index contributed by atoms with van der Waals surface area (Å²) in [7, 11) is 1.73. The third-order valence-electron chi connectivity index (χ3n) is 7.70. The summed E-state index contributed by atoms with van der Waals surface area (Å²) < 4.78 is 10.8. The number of para-hydroxylation sites is 2. The highest BCUT2D eigenvalue weighted by Crippen LogP contribution is 2.28. The third kappa shape index (κ3) is 6.50. The molecule has 2 aromatic heterocycles. The molecule has 1 N–H and O–H groups in total. The summed E-state index contributed by atoms with van der Waals surface area (Å²) in [4.78, 5) is 26.9. The van der Waals surface area contributed by atoms with Gasteiger partial charge in [-0.25, -0.2) is 9.36 Å². The maximum absolute atomic E-state index is 13.5. The minimum atomic E-state index is -0.708. The lowest BCUT2D eigenvalue weighted by Gasteiger charge is -2.08. The van der Waals surface area contributed by atoms with E-state index in [2.05, 4.69) is 5.32 Å². The minimum Gasteiger partial charge on any atom is -0.489 e. The lowest BCUT2D eigenvalue weighted by molar-refractivity contribution is -0.112. The van der Waals surface area contributed by atoms with Crippen LogP contribution in [0.15, 0.2) is 126 Å². The molecule has 4 aromatic carbocycles. The van der Waals surface area contributed by atoms with Gasteiger partial charge in [0.2, 0.25) is 0 Å². The van der Waals surface area contributed by atoms with Crippen molar-refractivity contribution in [2.75, 3.05) is 5.32 Å². The number of halogens is 1. The van der Waals surface area contributed by atoms with Gasteiger partial charge in [-0.1, -0.05) is 66.2 Å². The third-order valence-corrected chi connectivity index (χ3v) is 8.07. The summed E-state index contributed by atoms with van der Waals surface area (Å²) in [5, 5.41) is 18.2. The van der Waals surface area contributed by atoms with E-state index < -0.39 is 11.5 Å². The van der Waals surface area contributed by atoms with E-state index in [4.69, 9.17) is 21.4 Å². The molecule has 0 saturated heterocycles. The maximum Gasteiger partial charge on any atom is 0.295 e. The molecule has 0 spiro atoms. The molecule has 10 heteroatoms. The Labute approximate surface area is 276 Å². The Hall–Kier alpha value is -6.11. The van der Waals surface area contributed by atoms with Crippen LogP contribution in [0.25, 0.3) is 28.7 Å². The zero-order valence-corrected chi connectivity index (χ0v) is 26.3. The highest BCUT2D eigenvalue weighted by atomic mass is 35.5. The van der Waals surface area contributed by atoms with E-state index in [9.17, 15) is 14.9 Å². The molecule has 0 unspecified atom stereocenters. The van der Waals surface area contributed by atoms with E-state index in [1.807, 2.05) is 103 Å². The van der Waals surface area contributed by atoms with Crippen molar-refractivity contribution >= 4 is 29.3 Å². The average molecular weight is 641 g/mol. The Balaban J connectivity index is 1.32. The lowest BCUT2D eigenvalue weighted by atomic mass is 10.1. The summed E-state index contributed by atoms with van der Waals surface area (Å²) in [5.74, 6) is -0.0648. The fourth-order valence-electron chi connectivity index (χ4n) is 5.11. The van der Waals surface area contributed by atoms with Crippen LogP contribution < -0.4 is 15.6 Å². The quantitative estimate of drug-likeness (QED) is 0.134. The van der Waals surface area contributed by atoms with Crippen LogP contribution in [0.1, 0.15) is 16.8 Å². The molecule has 2 heterocycles. The second-order valence-electron chi connectivity index (χ2n) is 10.7. The summed E-state index contributed by atoms with van der Waals surface area (Å²) in [6, 6.07) is 35.5. The van der Waals surface area contributed by atoms with E-state index in [0.29, 0.717) is 40.0 Å². The van der Waals surface area contributed by atoms with Crippen molar-refractivity contribution in [3.63, 3.8) is 0 Å². The van der Waals surface area contributed by atoms with Gasteiger partial charge < -0.3 is 10.1 Å². The number of carbonyl (C=O) groups excluding carboxylic acids is 1. The van der Waals surface area contributed by atoms with Gasteiger partial charge in [0.15, 0.2) is 0 Å². The Morgan fingerprint density at radius 2 is 1.57 bits per heavy atom. The predicted octanol–water partition coefficient (Wildman–Crippen LogP) is 7.12. The monoisotopic (exact) mass is 640 g/mol. The molecule has 47 heavy (non-hydrogen) atoms. The van der Waals surface area contributed by atoms with Gasteiger partial charge in [0.1, 0.15) is 29.7 Å². The van der Waals surface area contributed by atoms with Crippen molar-refractivity contribution in [1.82, 2.24) is 19.1 Å². The summed E-state index contributed by atoms with van der Waals surface area (Å²) in [6.45, 7) is 2.05. The second-order valence-corrected chi connectivity index (χ2v) is 11.1. The molecule has 0 saturated carbocycles. The molecule has 0 aliphatic carbocycles. The molecule has 1 amide bonds. The van der Waals surface area contributed by atoms with E-state index >= 15 is 0 Å². The zero-order chi connectivity index (χ0) is 32.9. The molecule has 0 atom stereocenters. The number of nitriles is 1. The van der Waals surface area contributed by atoms with Crippen molar-refractivity contribution in [2.24, 2.45) is 7.05 Å². The Morgan fingerprint density at radius 3 is 2.23 bits per heavy atom. The predicted molar refractivity (Wildman–Crippen MR) is 183 cm³/mol. The van der Waals surface area contributed by atoms with Crippen molar-refractivity contribution in [2.45, 2.75) is 13.5 Å². The number of nitrogens with zero attached hydrogens (tertiary/aromatic N) is 5. The van der Waals surface area contributed by atoms with Crippen LogP contribution in [0.3, 0.4) is 0 Å². The number of aromatic nitrogens is 4. The lowest BCUT2D eigenvalue weighted by Crippen LogP contribution is -2.23. The van der Waals surface area contributed by atoms with Gasteiger partial charge in [0, 0.05) is 35.0 Å². The van der Waals surface area contributed by atoms with Gasteiger partial charge in [-0.3, -0.25) is 14.3 Å². The van der Waals surface area contributed by atoms with Crippen LogP contribution in [0.2, 0.25) is 5.02 Å². The molecule has 0 aliphatic heterocycles. The first kappa shape index (κ1) is 30.9. The topological polar surface area (TPSA) is 107 Å². The summed E-state index contributed by atoms with van der Waals surface area (Å²) in [6.07, 6.45) is 3.24. The van der Waals surface area contributed by atoms with Crippen LogP contribution >= 0.6 is 11.6 Å². The van der Waals surface area contributed by atoms with Gasteiger partial charge in [0.25, 0.3) is 11.5 Å². The Kier molecular flexibility index (Phi) is 8.86.